The highest BCUT2D eigenvalue weighted by Gasteiger charge is 2.27. The number of para-hydroxylation sites is 2. The van der Waals surface area contributed by atoms with E-state index >= 15 is 0 Å². The fourth-order valence-electron chi connectivity index (χ4n) is 3.94. The Balaban J connectivity index is 1.78. The molecule has 0 aliphatic carbocycles. The van der Waals surface area contributed by atoms with Crippen LogP contribution >= 0.6 is 0 Å². The number of aromatic hydroxyl groups is 2. The number of ketones is 2. The van der Waals surface area contributed by atoms with Crippen molar-refractivity contribution in [2.45, 2.75) is 26.3 Å². The molecule has 0 bridgehead atoms. The molecule has 1 aromatic heterocycles. The minimum atomic E-state index is -0.924. The van der Waals surface area contributed by atoms with Crippen molar-refractivity contribution >= 4 is 28.2 Å². The van der Waals surface area contributed by atoms with Crippen molar-refractivity contribution in [3.63, 3.8) is 0 Å². The topological polar surface area (TPSA) is 109 Å². The van der Waals surface area contributed by atoms with Gasteiger partial charge in [-0.1, -0.05) is 30.3 Å². The van der Waals surface area contributed by atoms with Crippen LogP contribution in [0.4, 0.5) is 5.69 Å². The van der Waals surface area contributed by atoms with Crippen molar-refractivity contribution in [2.24, 2.45) is 0 Å². The molecule has 0 amide bonds. The minimum Gasteiger partial charge on any atom is -0.508 e. The normalized spacial score (nSPS) is 11.8. The highest BCUT2D eigenvalue weighted by atomic mass is 16.3. The van der Waals surface area contributed by atoms with Crippen molar-refractivity contribution in [2.75, 3.05) is 5.32 Å². The van der Waals surface area contributed by atoms with E-state index in [4.69, 9.17) is 0 Å². The summed E-state index contributed by atoms with van der Waals surface area (Å²) in [5, 5.41) is 24.0. The van der Waals surface area contributed by atoms with E-state index in [1.165, 1.54) is 17.6 Å². The number of pyridine rings is 1. The summed E-state index contributed by atoms with van der Waals surface area (Å²) in [5.41, 5.74) is 1.16. The number of aromatic nitrogens is 1. The van der Waals surface area contributed by atoms with E-state index in [1.807, 2.05) is 6.07 Å². The summed E-state index contributed by atoms with van der Waals surface area (Å²) < 4.78 is 1.39. The number of anilines is 1. The molecule has 0 spiro atoms. The van der Waals surface area contributed by atoms with Crippen molar-refractivity contribution in [1.29, 1.82) is 0 Å². The van der Waals surface area contributed by atoms with E-state index in [1.54, 1.807) is 67.6 Å². The van der Waals surface area contributed by atoms with Crippen LogP contribution in [0.25, 0.3) is 16.6 Å². The third kappa shape index (κ3) is 4.28. The Morgan fingerprint density at radius 2 is 1.65 bits per heavy atom. The number of hydrogen-bond acceptors (Lipinski definition) is 6. The molecular weight excluding hydrogens is 432 g/mol. The van der Waals surface area contributed by atoms with Crippen molar-refractivity contribution in [3.05, 3.63) is 94.3 Å². The molecule has 0 saturated carbocycles. The largest absolute Gasteiger partial charge is 0.508 e. The summed E-state index contributed by atoms with van der Waals surface area (Å²) in [6.07, 6.45) is -0.328. The minimum absolute atomic E-state index is 0.114. The lowest BCUT2D eigenvalue weighted by Crippen LogP contribution is -2.33. The Kier molecular flexibility index (Phi) is 6.19. The maximum atomic E-state index is 13.5. The molecule has 172 valence electrons. The first kappa shape index (κ1) is 22.8. The first-order valence-corrected chi connectivity index (χ1v) is 10.8. The Morgan fingerprint density at radius 3 is 2.32 bits per heavy atom. The standard InChI is InChI=1S/C27H24N2O5/c1-16-14-18(12-13-23(16)31)28-21(17(2)30)15-24(32)25-26(33)20-10-6-7-11-22(20)29(27(25)34)19-8-4-3-5-9-19/h3-14,21,28,31,33H,15H2,1-2H3/t21-/m1/s1. The van der Waals surface area contributed by atoms with Gasteiger partial charge in [-0.05, 0) is 61.9 Å². The molecule has 0 fully saturated rings. The van der Waals surface area contributed by atoms with Crippen LogP contribution in [0.15, 0.2) is 77.6 Å². The van der Waals surface area contributed by atoms with Crippen LogP contribution in [0, 0.1) is 6.92 Å². The van der Waals surface area contributed by atoms with Gasteiger partial charge in [0.15, 0.2) is 11.6 Å². The van der Waals surface area contributed by atoms with Crippen LogP contribution in [0.5, 0.6) is 11.5 Å². The maximum Gasteiger partial charge on any atom is 0.270 e. The summed E-state index contributed by atoms with van der Waals surface area (Å²) in [6, 6.07) is 19.5. The third-order valence-electron chi connectivity index (χ3n) is 5.76. The van der Waals surface area contributed by atoms with Crippen LogP contribution < -0.4 is 10.9 Å². The average molecular weight is 456 g/mol. The lowest BCUT2D eigenvalue weighted by Gasteiger charge is -2.19. The van der Waals surface area contributed by atoms with Gasteiger partial charge in [-0.15, -0.1) is 0 Å². The first-order valence-electron chi connectivity index (χ1n) is 10.8. The van der Waals surface area contributed by atoms with E-state index in [-0.39, 0.29) is 23.5 Å². The molecular formula is C27H24N2O5. The fraction of sp³-hybridized carbons (Fsp3) is 0.148. The number of nitrogens with one attached hydrogen (secondary N) is 1. The first-order chi connectivity index (χ1) is 16.3. The smallest absolute Gasteiger partial charge is 0.270 e. The number of phenolic OH excluding ortho intramolecular Hbond substituents is 1. The van der Waals surface area contributed by atoms with Gasteiger partial charge >= 0.3 is 0 Å². The Bertz CT molecular complexity index is 1460. The molecule has 3 N–H and O–H groups in total. The number of benzene rings is 3. The van der Waals surface area contributed by atoms with Crippen LogP contribution in [0.1, 0.15) is 29.3 Å². The molecule has 34 heavy (non-hydrogen) atoms. The third-order valence-corrected chi connectivity index (χ3v) is 5.76. The molecule has 7 heteroatoms. The van der Waals surface area contributed by atoms with Crippen molar-refractivity contribution < 1.29 is 19.8 Å². The second kappa shape index (κ2) is 9.23. The average Bonchev–Trinajstić information content (AvgIpc) is 2.82. The maximum absolute atomic E-state index is 13.5. The van der Waals surface area contributed by atoms with E-state index in [0.29, 0.717) is 27.8 Å². The highest BCUT2D eigenvalue weighted by molar-refractivity contribution is 6.06. The van der Waals surface area contributed by atoms with E-state index in [0.717, 1.165) is 0 Å². The predicted molar refractivity (Wildman–Crippen MR) is 131 cm³/mol. The second-order valence-electron chi connectivity index (χ2n) is 8.15. The second-order valence-corrected chi connectivity index (χ2v) is 8.15. The van der Waals surface area contributed by atoms with Crippen LogP contribution in [0.2, 0.25) is 0 Å². The van der Waals surface area contributed by atoms with Gasteiger partial charge in [-0.3, -0.25) is 19.0 Å². The zero-order chi connectivity index (χ0) is 24.4. The lowest BCUT2D eigenvalue weighted by atomic mass is 9.99. The fourth-order valence-corrected chi connectivity index (χ4v) is 3.94. The molecule has 7 nitrogen and oxygen atoms in total. The van der Waals surface area contributed by atoms with E-state index in [2.05, 4.69) is 5.32 Å². The van der Waals surface area contributed by atoms with Crippen molar-refractivity contribution in [3.8, 4) is 17.2 Å². The Hall–Kier alpha value is -4.39. The predicted octanol–water partition coefficient (Wildman–Crippen LogP) is 4.35. The van der Waals surface area contributed by atoms with Gasteiger partial charge in [0, 0.05) is 23.2 Å². The molecule has 0 aliphatic heterocycles. The summed E-state index contributed by atoms with van der Waals surface area (Å²) >= 11 is 0. The van der Waals surface area contributed by atoms with E-state index < -0.39 is 23.1 Å². The number of aryl methyl sites for hydroxylation is 1. The number of fused-ring (bicyclic) bond motifs is 1. The lowest BCUT2D eigenvalue weighted by molar-refractivity contribution is -0.117. The highest BCUT2D eigenvalue weighted by Crippen LogP contribution is 2.29. The van der Waals surface area contributed by atoms with Gasteiger partial charge in [0.05, 0.1) is 11.6 Å². The van der Waals surface area contributed by atoms with Gasteiger partial charge in [-0.25, -0.2) is 0 Å². The SMILES string of the molecule is CC(=O)[C@@H](CC(=O)c1c(O)c2ccccc2n(-c2ccccc2)c1=O)Nc1ccc(O)c(C)c1. The van der Waals surface area contributed by atoms with E-state index in [9.17, 15) is 24.6 Å². The van der Waals surface area contributed by atoms with Crippen molar-refractivity contribution in [1.82, 2.24) is 4.57 Å². The van der Waals surface area contributed by atoms with Gasteiger partial charge < -0.3 is 15.5 Å². The number of carbonyl (C=O) groups is 2. The number of carbonyl (C=O) groups excluding carboxylic acids is 2. The Labute approximate surface area is 195 Å². The number of Topliss-reactive ketones (excluding diaryl/α,β-unsaturated/α-hetero) is 2. The molecule has 4 aromatic rings. The molecule has 0 aliphatic rings. The molecule has 0 radical (unpaired) electrons. The summed E-state index contributed by atoms with van der Waals surface area (Å²) in [7, 11) is 0. The van der Waals surface area contributed by atoms with Gasteiger partial charge in [-0.2, -0.15) is 0 Å². The number of nitrogens with zero attached hydrogens (tertiary/aromatic N) is 1. The molecule has 0 saturated heterocycles. The van der Waals surface area contributed by atoms with Crippen LogP contribution in [-0.2, 0) is 4.79 Å². The van der Waals surface area contributed by atoms with Gasteiger partial charge in [0.1, 0.15) is 17.1 Å². The van der Waals surface area contributed by atoms with Gasteiger partial charge in [0.2, 0.25) is 0 Å². The monoisotopic (exact) mass is 456 g/mol. The van der Waals surface area contributed by atoms with Crippen LogP contribution in [-0.4, -0.2) is 32.4 Å². The summed E-state index contributed by atoms with van der Waals surface area (Å²) in [5.74, 6) is -1.24. The molecule has 0 unspecified atom stereocenters. The zero-order valence-corrected chi connectivity index (χ0v) is 18.8. The number of hydrogen-bond donors (Lipinski definition) is 3. The zero-order valence-electron chi connectivity index (χ0n) is 18.8. The Morgan fingerprint density at radius 1 is 0.971 bits per heavy atom. The summed E-state index contributed by atoms with van der Waals surface area (Å²) in [6.45, 7) is 3.06. The molecule has 3 aromatic carbocycles. The number of phenols is 1. The molecule has 4 rings (SSSR count). The molecule has 1 atom stereocenters. The quantitative estimate of drug-likeness (QED) is 0.282. The van der Waals surface area contributed by atoms with Crippen LogP contribution in [0.3, 0.4) is 0 Å². The van der Waals surface area contributed by atoms with Gasteiger partial charge in [0.25, 0.3) is 5.56 Å². The summed E-state index contributed by atoms with van der Waals surface area (Å²) in [4.78, 5) is 39.1. The molecule has 1 heterocycles. The number of rotatable bonds is 7.